The van der Waals surface area contributed by atoms with Gasteiger partial charge in [0.2, 0.25) is 0 Å². The molecule has 5 aromatic rings. The van der Waals surface area contributed by atoms with Gasteiger partial charge in [0.1, 0.15) is 0 Å². The molecular formula is C34H27N. The first-order valence-corrected chi connectivity index (χ1v) is 12.3. The van der Waals surface area contributed by atoms with Crippen molar-refractivity contribution in [1.29, 1.82) is 0 Å². The smallest absolute Gasteiger partial charge is 0.0462 e. The maximum absolute atomic E-state index is 2.35. The van der Waals surface area contributed by atoms with Crippen LogP contribution in [0.2, 0.25) is 0 Å². The SMILES string of the molecule is C(=C1c2ccccc2CCc2ccccc21)c1ccc(N(c2ccccc2)c2ccccc2)cc1. The fraction of sp³-hybridized carbons (Fsp3) is 0.0588. The first-order chi connectivity index (χ1) is 17.4. The van der Waals surface area contributed by atoms with Gasteiger partial charge in [0.25, 0.3) is 0 Å². The lowest BCUT2D eigenvalue weighted by Crippen LogP contribution is -2.09. The monoisotopic (exact) mass is 449 g/mol. The number of nitrogens with zero attached hydrogens (tertiary/aromatic N) is 1. The van der Waals surface area contributed by atoms with Gasteiger partial charge in [-0.05, 0) is 88.7 Å². The average molecular weight is 450 g/mol. The molecule has 5 aromatic carbocycles. The first kappa shape index (κ1) is 21.2. The lowest BCUT2D eigenvalue weighted by molar-refractivity contribution is 0.965. The van der Waals surface area contributed by atoms with Crippen molar-refractivity contribution in [2.24, 2.45) is 0 Å². The van der Waals surface area contributed by atoms with E-state index in [2.05, 4.69) is 144 Å². The number of benzene rings is 5. The van der Waals surface area contributed by atoms with Crippen molar-refractivity contribution in [2.75, 3.05) is 4.90 Å². The molecule has 0 spiro atoms. The second kappa shape index (κ2) is 9.48. The Bertz CT molecular complexity index is 1380. The van der Waals surface area contributed by atoms with Crippen molar-refractivity contribution >= 4 is 28.7 Å². The molecule has 0 aromatic heterocycles. The van der Waals surface area contributed by atoms with Gasteiger partial charge in [0.05, 0.1) is 0 Å². The van der Waals surface area contributed by atoms with Crippen LogP contribution in [0.5, 0.6) is 0 Å². The van der Waals surface area contributed by atoms with Crippen LogP contribution >= 0.6 is 0 Å². The Morgan fingerprint density at radius 3 is 1.37 bits per heavy atom. The lowest BCUT2D eigenvalue weighted by atomic mass is 9.92. The molecule has 1 aliphatic carbocycles. The molecule has 0 N–H and O–H groups in total. The molecule has 35 heavy (non-hydrogen) atoms. The van der Waals surface area contributed by atoms with E-state index in [0.717, 1.165) is 29.9 Å². The van der Waals surface area contributed by atoms with Crippen LogP contribution in [-0.2, 0) is 12.8 Å². The van der Waals surface area contributed by atoms with Crippen LogP contribution in [0.25, 0.3) is 11.6 Å². The average Bonchev–Trinajstić information content (AvgIpc) is 3.08. The molecule has 0 unspecified atom stereocenters. The van der Waals surface area contributed by atoms with Gasteiger partial charge >= 0.3 is 0 Å². The normalized spacial score (nSPS) is 12.3. The fourth-order valence-electron chi connectivity index (χ4n) is 5.06. The van der Waals surface area contributed by atoms with Gasteiger partial charge < -0.3 is 4.90 Å². The van der Waals surface area contributed by atoms with E-state index in [-0.39, 0.29) is 0 Å². The summed E-state index contributed by atoms with van der Waals surface area (Å²) in [5.41, 5.74) is 11.5. The summed E-state index contributed by atoms with van der Waals surface area (Å²) in [6.45, 7) is 0. The number of fused-ring (bicyclic) bond motifs is 2. The quantitative estimate of drug-likeness (QED) is 0.265. The summed E-state index contributed by atoms with van der Waals surface area (Å²) in [6.07, 6.45) is 4.50. The molecule has 1 aliphatic rings. The van der Waals surface area contributed by atoms with E-state index in [1.54, 1.807) is 0 Å². The van der Waals surface area contributed by atoms with E-state index >= 15 is 0 Å². The number of hydrogen-bond donors (Lipinski definition) is 0. The minimum absolute atomic E-state index is 1.08. The van der Waals surface area contributed by atoms with Crippen molar-refractivity contribution in [1.82, 2.24) is 0 Å². The highest BCUT2D eigenvalue weighted by molar-refractivity contribution is 5.94. The Labute approximate surface area is 207 Å². The highest BCUT2D eigenvalue weighted by atomic mass is 15.1. The Kier molecular flexibility index (Phi) is 5.74. The Hall–Kier alpha value is -4.36. The van der Waals surface area contributed by atoms with Crippen molar-refractivity contribution < 1.29 is 0 Å². The zero-order valence-electron chi connectivity index (χ0n) is 19.6. The minimum Gasteiger partial charge on any atom is -0.311 e. The second-order valence-electron chi connectivity index (χ2n) is 8.97. The Morgan fingerprint density at radius 1 is 0.429 bits per heavy atom. The van der Waals surface area contributed by atoms with Crippen LogP contribution in [0.1, 0.15) is 27.8 Å². The third-order valence-electron chi connectivity index (χ3n) is 6.77. The van der Waals surface area contributed by atoms with Gasteiger partial charge in [0.15, 0.2) is 0 Å². The van der Waals surface area contributed by atoms with Crippen molar-refractivity contribution in [3.63, 3.8) is 0 Å². The highest BCUT2D eigenvalue weighted by Gasteiger charge is 2.18. The molecule has 0 aliphatic heterocycles. The summed E-state index contributed by atoms with van der Waals surface area (Å²) in [6, 6.07) is 47.7. The number of aryl methyl sites for hydroxylation is 2. The van der Waals surface area contributed by atoms with Crippen LogP contribution in [0.3, 0.4) is 0 Å². The molecule has 0 radical (unpaired) electrons. The minimum atomic E-state index is 1.08. The van der Waals surface area contributed by atoms with Crippen molar-refractivity contribution in [3.8, 4) is 0 Å². The van der Waals surface area contributed by atoms with Gasteiger partial charge in [-0.3, -0.25) is 0 Å². The van der Waals surface area contributed by atoms with Crippen LogP contribution in [0, 0.1) is 0 Å². The van der Waals surface area contributed by atoms with Gasteiger partial charge in [-0.25, -0.2) is 0 Å². The summed E-state index contributed by atoms with van der Waals surface area (Å²) in [5, 5.41) is 0. The lowest BCUT2D eigenvalue weighted by Gasteiger charge is -2.25. The molecule has 168 valence electrons. The number of anilines is 3. The van der Waals surface area contributed by atoms with E-state index < -0.39 is 0 Å². The molecule has 0 heterocycles. The Balaban J connectivity index is 1.43. The molecule has 0 fully saturated rings. The van der Waals surface area contributed by atoms with Crippen LogP contribution in [0.15, 0.2) is 133 Å². The molecule has 0 atom stereocenters. The molecule has 0 saturated heterocycles. The van der Waals surface area contributed by atoms with Crippen LogP contribution in [0.4, 0.5) is 17.1 Å². The molecule has 1 nitrogen and oxygen atoms in total. The van der Waals surface area contributed by atoms with Gasteiger partial charge in [-0.1, -0.05) is 97.1 Å². The molecule has 0 bridgehead atoms. The van der Waals surface area contributed by atoms with E-state index in [9.17, 15) is 0 Å². The van der Waals surface area contributed by atoms with Gasteiger partial charge in [0, 0.05) is 17.1 Å². The topological polar surface area (TPSA) is 3.24 Å². The summed E-state index contributed by atoms with van der Waals surface area (Å²) in [4.78, 5) is 2.30. The molecule has 1 heteroatoms. The van der Waals surface area contributed by atoms with Crippen LogP contribution < -0.4 is 4.90 Å². The summed E-state index contributed by atoms with van der Waals surface area (Å²) in [7, 11) is 0. The largest absolute Gasteiger partial charge is 0.311 e. The van der Waals surface area contributed by atoms with Crippen LogP contribution in [-0.4, -0.2) is 0 Å². The van der Waals surface area contributed by atoms with E-state index in [1.807, 2.05) is 0 Å². The Morgan fingerprint density at radius 2 is 0.857 bits per heavy atom. The number of rotatable bonds is 4. The molecule has 6 rings (SSSR count). The van der Waals surface area contributed by atoms with E-state index in [0.29, 0.717) is 0 Å². The molecule has 0 saturated carbocycles. The van der Waals surface area contributed by atoms with Gasteiger partial charge in [-0.2, -0.15) is 0 Å². The standard InChI is InChI=1S/C34H27N/c1-3-13-29(14-4-1)35(30-15-5-2-6-16-30)31-23-19-26(20-24-31)25-34-32-17-9-7-11-27(32)21-22-28-12-8-10-18-33(28)34/h1-20,23-25H,21-22H2. The summed E-state index contributed by atoms with van der Waals surface area (Å²) in [5.74, 6) is 0. The number of hydrogen-bond acceptors (Lipinski definition) is 1. The number of para-hydroxylation sites is 2. The third kappa shape index (κ3) is 4.29. The van der Waals surface area contributed by atoms with E-state index in [1.165, 1.54) is 33.4 Å². The maximum atomic E-state index is 2.35. The summed E-state index contributed by atoms with van der Waals surface area (Å²) >= 11 is 0. The van der Waals surface area contributed by atoms with E-state index in [4.69, 9.17) is 0 Å². The zero-order valence-corrected chi connectivity index (χ0v) is 19.6. The first-order valence-electron chi connectivity index (χ1n) is 12.3. The fourth-order valence-corrected chi connectivity index (χ4v) is 5.06. The van der Waals surface area contributed by atoms with Crippen molar-refractivity contribution in [2.45, 2.75) is 12.8 Å². The van der Waals surface area contributed by atoms with Crippen molar-refractivity contribution in [3.05, 3.63) is 161 Å². The highest BCUT2D eigenvalue weighted by Crippen LogP contribution is 2.37. The maximum Gasteiger partial charge on any atom is 0.0462 e. The predicted molar refractivity (Wildman–Crippen MR) is 148 cm³/mol. The second-order valence-corrected chi connectivity index (χ2v) is 8.97. The van der Waals surface area contributed by atoms with Gasteiger partial charge in [-0.15, -0.1) is 0 Å². The zero-order chi connectivity index (χ0) is 23.5. The summed E-state index contributed by atoms with van der Waals surface area (Å²) < 4.78 is 0. The molecular weight excluding hydrogens is 422 g/mol. The molecule has 0 amide bonds. The third-order valence-corrected chi connectivity index (χ3v) is 6.77. The predicted octanol–water partition coefficient (Wildman–Crippen LogP) is 8.84.